The largest absolute Gasteiger partial charge is 0.354 e. The van der Waals surface area contributed by atoms with E-state index in [4.69, 9.17) is 9.97 Å². The molecule has 2 aliphatic heterocycles. The van der Waals surface area contributed by atoms with Crippen LogP contribution in [0.1, 0.15) is 42.3 Å². The second-order valence-corrected chi connectivity index (χ2v) is 22.6. The van der Waals surface area contributed by atoms with Gasteiger partial charge in [0.15, 0.2) is 0 Å². The molecule has 0 aromatic carbocycles. The Labute approximate surface area is 399 Å². The highest BCUT2D eigenvalue weighted by molar-refractivity contribution is 7.16. The maximum Gasteiger partial charge on any atom is 0.0752 e. The third kappa shape index (κ3) is 6.51. The maximum atomic E-state index is 5.70. The first kappa shape index (κ1) is 38.6. The average Bonchev–Trinajstić information content (AvgIpc) is 4.13. The molecule has 12 heteroatoms. The number of hydrogen-bond acceptors (Lipinski definition) is 10. The number of hydrogen-bond donors (Lipinski definition) is 2. The second-order valence-electron chi connectivity index (χ2n) is 15.1. The summed E-state index contributed by atoms with van der Waals surface area (Å²) in [6.45, 7) is 0. The Bertz CT molecular complexity index is 3190. The third-order valence-corrected chi connectivity index (χ3v) is 18.5. The molecule has 0 fully saturated rings. The molecular weight excluding hydrogens is 937 g/mol. The van der Waals surface area contributed by atoms with Crippen LogP contribution in [0.25, 0.3) is 86.1 Å². The van der Waals surface area contributed by atoms with Gasteiger partial charge in [-0.3, -0.25) is 0 Å². The maximum absolute atomic E-state index is 5.70. The number of aromatic amines is 2. The molecule has 0 aliphatic carbocycles. The van der Waals surface area contributed by atoms with Crippen molar-refractivity contribution in [1.29, 1.82) is 0 Å². The van der Waals surface area contributed by atoms with Crippen molar-refractivity contribution >= 4 is 135 Å². The summed E-state index contributed by atoms with van der Waals surface area (Å²) >= 11 is 14.1. The first-order chi connectivity index (χ1) is 31.7. The molecule has 11 aromatic heterocycles. The molecule has 0 amide bonds. The van der Waals surface area contributed by atoms with Crippen LogP contribution >= 0.6 is 90.7 Å². The van der Waals surface area contributed by atoms with Gasteiger partial charge in [-0.25, -0.2) is 9.97 Å². The lowest BCUT2D eigenvalue weighted by molar-refractivity contribution is 1.30. The van der Waals surface area contributed by atoms with Crippen LogP contribution in [0.15, 0.2) is 164 Å². The highest BCUT2D eigenvalue weighted by atomic mass is 32.1. The van der Waals surface area contributed by atoms with Crippen molar-refractivity contribution in [2.24, 2.45) is 0 Å². The zero-order chi connectivity index (χ0) is 42.1. The van der Waals surface area contributed by atoms with E-state index in [-0.39, 0.29) is 0 Å². The molecule has 0 spiro atoms. The SMILES string of the molecule is c1csc(C2=C(c3cccs3)c3cc4[nH]c(cc5nc(cc6[nH]c(cc2n3)c(-c2cccs2)c6-c2cccs2)C(c2cccs2)=C5c2cccs2)c(-c2cccs2)c4-c2cccs2)c1. The lowest BCUT2D eigenvalue weighted by Crippen LogP contribution is -1.86. The minimum absolute atomic E-state index is 0.926. The van der Waals surface area contributed by atoms with E-state index in [0.29, 0.717) is 0 Å². The molecule has 0 unspecified atom stereocenters. The smallest absolute Gasteiger partial charge is 0.0752 e. The van der Waals surface area contributed by atoms with Crippen molar-refractivity contribution in [2.75, 3.05) is 0 Å². The summed E-state index contributed by atoms with van der Waals surface area (Å²) < 4.78 is 0. The standard InChI is InChI=1S/C52H30N4S8/c1-9-37(57-17-1)45-29-25-31-47(39-11-3-19-59-39)49(41-13-5-21-61-41)33(54-31)27-35-51(43-15-7-23-63-43)52(44-16-8-24-64-44)36(56-35)28-34-50(42-14-6-22-62-42)48(40-12-4-20-60-40)32(55-34)26-30(53-29)46(45)38-10-2-18-58-38/h1-28,53,56H. The molecule has 13 rings (SSSR count). The van der Waals surface area contributed by atoms with Crippen molar-refractivity contribution < 1.29 is 0 Å². The highest BCUT2D eigenvalue weighted by Gasteiger charge is 2.29. The molecule has 2 N–H and O–H groups in total. The molecule has 64 heavy (non-hydrogen) atoms. The molecule has 0 saturated carbocycles. The molecule has 306 valence electrons. The Morgan fingerprint density at radius 3 is 0.656 bits per heavy atom. The van der Waals surface area contributed by atoms with Gasteiger partial charge in [-0.2, -0.15) is 0 Å². The summed E-state index contributed by atoms with van der Waals surface area (Å²) in [7, 11) is 0. The van der Waals surface area contributed by atoms with Gasteiger partial charge in [-0.1, -0.05) is 48.5 Å². The fourth-order valence-electron chi connectivity index (χ4n) is 8.86. The van der Waals surface area contributed by atoms with Gasteiger partial charge >= 0.3 is 0 Å². The Balaban J connectivity index is 1.27. The molecule has 2 aliphatic rings. The van der Waals surface area contributed by atoms with Crippen molar-refractivity contribution in [2.45, 2.75) is 0 Å². The number of nitrogens with zero attached hydrogens (tertiary/aromatic N) is 2. The van der Waals surface area contributed by atoms with Crippen molar-refractivity contribution in [3.63, 3.8) is 0 Å². The topological polar surface area (TPSA) is 57.4 Å². The molecule has 11 aromatic rings. The van der Waals surface area contributed by atoms with Crippen LogP contribution in [0.2, 0.25) is 0 Å². The van der Waals surface area contributed by atoms with Gasteiger partial charge < -0.3 is 9.97 Å². The van der Waals surface area contributed by atoms with Crippen molar-refractivity contribution in [3.8, 4) is 41.8 Å². The van der Waals surface area contributed by atoms with Crippen LogP contribution in [-0.4, -0.2) is 19.9 Å². The van der Waals surface area contributed by atoms with Crippen molar-refractivity contribution in [1.82, 2.24) is 19.9 Å². The van der Waals surface area contributed by atoms with Gasteiger partial charge in [-0.05, 0) is 116 Å². The van der Waals surface area contributed by atoms with Crippen molar-refractivity contribution in [3.05, 3.63) is 207 Å². The normalized spacial score (nSPS) is 12.9. The van der Waals surface area contributed by atoms with Crippen LogP contribution < -0.4 is 0 Å². The highest BCUT2D eigenvalue weighted by Crippen LogP contribution is 2.50. The molecule has 0 radical (unpaired) electrons. The van der Waals surface area contributed by atoms with E-state index in [0.717, 1.165) is 67.1 Å². The van der Waals surface area contributed by atoms with Gasteiger partial charge in [0.05, 0.1) is 44.8 Å². The fourth-order valence-corrected chi connectivity index (χ4v) is 15.2. The minimum atomic E-state index is 0.926. The number of nitrogens with one attached hydrogen (secondary N) is 2. The van der Waals surface area contributed by atoms with Gasteiger partial charge in [-0.15, -0.1) is 90.7 Å². The van der Waals surface area contributed by atoms with Crippen LogP contribution in [0.3, 0.4) is 0 Å². The minimum Gasteiger partial charge on any atom is -0.354 e. The zero-order valence-electron chi connectivity index (χ0n) is 33.3. The Kier molecular flexibility index (Phi) is 9.67. The first-order valence-corrected chi connectivity index (χ1v) is 27.4. The van der Waals surface area contributed by atoms with E-state index in [1.165, 1.54) is 61.3 Å². The van der Waals surface area contributed by atoms with E-state index >= 15 is 0 Å². The lowest BCUT2D eigenvalue weighted by Gasteiger charge is -2.06. The predicted molar refractivity (Wildman–Crippen MR) is 282 cm³/mol. The Hall–Kier alpha value is -5.80. The second kappa shape index (κ2) is 16.0. The van der Waals surface area contributed by atoms with Crippen LogP contribution in [0.5, 0.6) is 0 Å². The van der Waals surface area contributed by atoms with Gasteiger partial charge in [0.25, 0.3) is 0 Å². The third-order valence-electron chi connectivity index (χ3n) is 11.4. The van der Waals surface area contributed by atoms with E-state index in [1.807, 2.05) is 0 Å². The summed E-state index contributed by atoms with van der Waals surface area (Å²) in [6.07, 6.45) is 0. The van der Waals surface area contributed by atoms with E-state index in [2.05, 4.69) is 174 Å². The monoisotopic (exact) mass is 966 g/mol. The quantitative estimate of drug-likeness (QED) is 0.159. The summed E-state index contributed by atoms with van der Waals surface area (Å²) in [5, 5.41) is 17.4. The zero-order valence-corrected chi connectivity index (χ0v) is 39.9. The van der Waals surface area contributed by atoms with E-state index < -0.39 is 0 Å². The van der Waals surface area contributed by atoms with Gasteiger partial charge in [0.1, 0.15) is 0 Å². The number of rotatable bonds is 8. The lowest BCUT2D eigenvalue weighted by atomic mass is 9.99. The van der Waals surface area contributed by atoms with Gasteiger partial charge in [0, 0.05) is 83.6 Å². The number of fused-ring (bicyclic) bond motifs is 8. The molecule has 13 heterocycles. The number of thiophene rings is 8. The Morgan fingerprint density at radius 2 is 0.469 bits per heavy atom. The first-order valence-electron chi connectivity index (χ1n) is 20.4. The number of aromatic nitrogens is 4. The summed E-state index contributed by atoms with van der Waals surface area (Å²) in [5.74, 6) is 0. The Morgan fingerprint density at radius 1 is 0.266 bits per heavy atom. The van der Waals surface area contributed by atoms with E-state index in [1.54, 1.807) is 90.7 Å². The molecular formula is C52H30N4S8. The average molecular weight is 967 g/mol. The number of H-pyrrole nitrogens is 2. The molecule has 8 bridgehead atoms. The summed E-state index contributed by atoms with van der Waals surface area (Å²) in [4.78, 5) is 29.0. The molecule has 4 nitrogen and oxygen atoms in total. The van der Waals surface area contributed by atoms with Crippen LogP contribution in [0.4, 0.5) is 0 Å². The fraction of sp³-hybridized carbons (Fsp3) is 0. The molecule has 0 atom stereocenters. The van der Waals surface area contributed by atoms with Crippen LogP contribution in [0, 0.1) is 0 Å². The predicted octanol–water partition coefficient (Wildman–Crippen LogP) is 17.5. The van der Waals surface area contributed by atoms with Gasteiger partial charge in [0.2, 0.25) is 0 Å². The summed E-state index contributed by atoms with van der Waals surface area (Å²) in [5.41, 5.74) is 17.0. The van der Waals surface area contributed by atoms with Crippen LogP contribution in [-0.2, 0) is 0 Å². The van der Waals surface area contributed by atoms with E-state index in [9.17, 15) is 0 Å². The summed E-state index contributed by atoms with van der Waals surface area (Å²) in [6, 6.07) is 44.3. The molecule has 0 saturated heterocycles.